The normalized spacial score (nSPS) is 13.0. The topological polar surface area (TPSA) is 85.7 Å². The van der Waals surface area contributed by atoms with Crippen LogP contribution in [0.2, 0.25) is 0 Å². The number of nitrogens with zero attached hydrogens (tertiary/aromatic N) is 2. The molecule has 1 atom stereocenters. The van der Waals surface area contributed by atoms with Gasteiger partial charge in [0.05, 0.1) is 18.0 Å². The summed E-state index contributed by atoms with van der Waals surface area (Å²) in [7, 11) is -0.931. The number of ketones is 1. The number of aryl methyl sites for hydroxylation is 1. The van der Waals surface area contributed by atoms with Gasteiger partial charge in [-0.3, -0.25) is 4.79 Å². The summed E-state index contributed by atoms with van der Waals surface area (Å²) in [6.45, 7) is 10.9. The predicted octanol–water partition coefficient (Wildman–Crippen LogP) is 3.66. The number of aromatic nitrogens is 1. The van der Waals surface area contributed by atoms with Crippen molar-refractivity contribution in [1.29, 1.82) is 0 Å². The molecule has 0 N–H and O–H groups in total. The fraction of sp³-hybridized carbons (Fsp3) is 0.478. The summed E-state index contributed by atoms with van der Waals surface area (Å²) in [5.41, 5.74) is 2.66. The van der Waals surface area contributed by atoms with Crippen molar-refractivity contribution in [3.63, 3.8) is 0 Å². The molecule has 0 fully saturated rings. The van der Waals surface area contributed by atoms with Gasteiger partial charge in [-0.25, -0.2) is 13.2 Å². The first-order valence-corrected chi connectivity index (χ1v) is 11.6. The molecular weight excluding hydrogens is 416 g/mol. The molecule has 0 spiro atoms. The third-order valence-electron chi connectivity index (χ3n) is 5.54. The van der Waals surface area contributed by atoms with E-state index in [1.54, 1.807) is 56.7 Å². The first-order valence-electron chi connectivity index (χ1n) is 10.2. The first-order chi connectivity index (χ1) is 14.3. The Balaban J connectivity index is 2.57. The molecule has 0 amide bonds. The summed E-state index contributed by atoms with van der Waals surface area (Å²) in [4.78, 5) is 25.9. The highest BCUT2D eigenvalue weighted by molar-refractivity contribution is 7.89. The van der Waals surface area contributed by atoms with Crippen molar-refractivity contribution < 1.29 is 22.7 Å². The SMILES string of the molecule is COC(=O)c1c(C)c(C(=O)C(C)N(CC(C)C)S(=O)(=O)c2ccc(C)cc2)c(C)n1C. The van der Waals surface area contributed by atoms with Crippen LogP contribution in [0.25, 0.3) is 0 Å². The van der Waals surface area contributed by atoms with Crippen molar-refractivity contribution in [2.24, 2.45) is 13.0 Å². The molecule has 8 heteroatoms. The van der Waals surface area contributed by atoms with E-state index in [2.05, 4.69) is 0 Å². The lowest BCUT2D eigenvalue weighted by Crippen LogP contribution is -2.45. The molecule has 1 aromatic carbocycles. The molecular formula is C23H32N2O5S. The van der Waals surface area contributed by atoms with Gasteiger partial charge in [0.25, 0.3) is 0 Å². The number of ether oxygens (including phenoxy) is 1. The maximum Gasteiger partial charge on any atom is 0.354 e. The Bertz CT molecular complexity index is 1080. The lowest BCUT2D eigenvalue weighted by molar-refractivity contribution is 0.0588. The van der Waals surface area contributed by atoms with Crippen LogP contribution in [0.4, 0.5) is 0 Å². The number of rotatable bonds is 8. The highest BCUT2D eigenvalue weighted by Crippen LogP contribution is 2.27. The molecule has 170 valence electrons. The summed E-state index contributed by atoms with van der Waals surface area (Å²) in [5.74, 6) is -0.878. The van der Waals surface area contributed by atoms with Gasteiger partial charge in [0.1, 0.15) is 5.69 Å². The lowest BCUT2D eigenvalue weighted by Gasteiger charge is -2.29. The fourth-order valence-electron chi connectivity index (χ4n) is 3.74. The van der Waals surface area contributed by atoms with Gasteiger partial charge in [0, 0.05) is 24.8 Å². The largest absolute Gasteiger partial charge is 0.464 e. The van der Waals surface area contributed by atoms with E-state index >= 15 is 0 Å². The third kappa shape index (κ3) is 4.75. The van der Waals surface area contributed by atoms with Crippen molar-refractivity contribution in [3.05, 3.63) is 52.3 Å². The summed E-state index contributed by atoms with van der Waals surface area (Å²) in [6, 6.07) is 5.65. The molecule has 2 rings (SSSR count). The molecule has 1 unspecified atom stereocenters. The number of Topliss-reactive ketones (excluding diaryl/α,β-unsaturated/α-hetero) is 1. The summed E-state index contributed by atoms with van der Waals surface area (Å²) in [5, 5.41) is 0. The number of esters is 1. The van der Waals surface area contributed by atoms with Crippen LogP contribution in [0.5, 0.6) is 0 Å². The average Bonchev–Trinajstić information content (AvgIpc) is 2.93. The van der Waals surface area contributed by atoms with Crippen LogP contribution in [0, 0.1) is 26.7 Å². The van der Waals surface area contributed by atoms with Gasteiger partial charge in [-0.1, -0.05) is 31.5 Å². The molecule has 1 aromatic heterocycles. The Morgan fingerprint density at radius 3 is 2.10 bits per heavy atom. The summed E-state index contributed by atoms with van der Waals surface area (Å²) < 4.78 is 34.6. The van der Waals surface area contributed by atoms with Crippen LogP contribution >= 0.6 is 0 Å². The monoisotopic (exact) mass is 448 g/mol. The molecule has 0 radical (unpaired) electrons. The minimum absolute atomic E-state index is 0.0130. The molecule has 0 bridgehead atoms. The molecule has 1 heterocycles. The quantitative estimate of drug-likeness (QED) is 0.454. The third-order valence-corrected chi connectivity index (χ3v) is 7.49. The average molecular weight is 449 g/mol. The molecule has 2 aromatic rings. The van der Waals surface area contributed by atoms with Crippen LogP contribution in [0.15, 0.2) is 29.2 Å². The van der Waals surface area contributed by atoms with Gasteiger partial charge in [-0.05, 0) is 51.3 Å². The zero-order valence-corrected chi connectivity index (χ0v) is 20.3. The number of methoxy groups -OCH3 is 1. The Morgan fingerprint density at radius 1 is 1.06 bits per heavy atom. The van der Waals surface area contributed by atoms with E-state index in [1.807, 2.05) is 20.8 Å². The van der Waals surface area contributed by atoms with Gasteiger partial charge < -0.3 is 9.30 Å². The zero-order chi connectivity index (χ0) is 23.7. The molecule has 0 aliphatic carbocycles. The van der Waals surface area contributed by atoms with Crippen molar-refractivity contribution in [2.75, 3.05) is 13.7 Å². The van der Waals surface area contributed by atoms with Crippen molar-refractivity contribution in [3.8, 4) is 0 Å². The van der Waals surface area contributed by atoms with Gasteiger partial charge >= 0.3 is 5.97 Å². The van der Waals surface area contributed by atoms with Gasteiger partial charge in [-0.2, -0.15) is 4.31 Å². The van der Waals surface area contributed by atoms with Gasteiger partial charge in [0.15, 0.2) is 5.78 Å². The molecule has 0 saturated heterocycles. The van der Waals surface area contributed by atoms with Crippen LogP contribution in [-0.2, 0) is 21.8 Å². The fourth-order valence-corrected chi connectivity index (χ4v) is 5.49. The zero-order valence-electron chi connectivity index (χ0n) is 19.5. The molecule has 31 heavy (non-hydrogen) atoms. The van der Waals surface area contributed by atoms with Gasteiger partial charge in [0.2, 0.25) is 10.0 Å². The first kappa shape index (κ1) is 24.8. The second-order valence-corrected chi connectivity index (χ2v) is 10.2. The Labute approximate surface area is 185 Å². The molecule has 0 aliphatic rings. The van der Waals surface area contributed by atoms with E-state index in [0.29, 0.717) is 16.8 Å². The maximum atomic E-state index is 13.5. The standard InChI is InChI=1S/C23H32N2O5S/c1-14(2)13-25(31(28,29)19-11-9-15(3)10-12-19)18(6)22(26)20-16(4)21(23(27)30-8)24(7)17(20)5/h9-12,14,18H,13H2,1-8H3. The predicted molar refractivity (Wildman–Crippen MR) is 120 cm³/mol. The van der Waals surface area contributed by atoms with E-state index in [0.717, 1.165) is 5.56 Å². The lowest BCUT2D eigenvalue weighted by atomic mass is 10.0. The van der Waals surface area contributed by atoms with E-state index < -0.39 is 22.0 Å². The Kier molecular flexibility index (Phi) is 7.49. The van der Waals surface area contributed by atoms with E-state index in [9.17, 15) is 18.0 Å². The summed E-state index contributed by atoms with van der Waals surface area (Å²) in [6.07, 6.45) is 0. The number of hydrogen-bond acceptors (Lipinski definition) is 5. The molecule has 0 aliphatic heterocycles. The van der Waals surface area contributed by atoms with Crippen LogP contribution < -0.4 is 0 Å². The number of carbonyl (C=O) groups excluding carboxylic acids is 2. The highest BCUT2D eigenvalue weighted by atomic mass is 32.2. The van der Waals surface area contributed by atoms with E-state index in [-0.39, 0.29) is 28.8 Å². The van der Waals surface area contributed by atoms with Gasteiger partial charge in [-0.15, -0.1) is 0 Å². The van der Waals surface area contributed by atoms with Crippen LogP contribution in [0.1, 0.15) is 58.4 Å². The number of carbonyl (C=O) groups is 2. The van der Waals surface area contributed by atoms with Crippen molar-refractivity contribution in [1.82, 2.24) is 8.87 Å². The van der Waals surface area contributed by atoms with E-state index in [1.165, 1.54) is 11.4 Å². The maximum absolute atomic E-state index is 13.5. The van der Waals surface area contributed by atoms with Crippen LogP contribution in [-0.4, -0.2) is 48.7 Å². The number of benzene rings is 1. The van der Waals surface area contributed by atoms with Crippen molar-refractivity contribution in [2.45, 2.75) is 52.5 Å². The number of hydrogen-bond donors (Lipinski definition) is 0. The van der Waals surface area contributed by atoms with Crippen molar-refractivity contribution >= 4 is 21.8 Å². The summed E-state index contributed by atoms with van der Waals surface area (Å²) >= 11 is 0. The number of sulfonamides is 1. The Morgan fingerprint density at radius 2 is 1.61 bits per heavy atom. The highest BCUT2D eigenvalue weighted by Gasteiger charge is 2.36. The van der Waals surface area contributed by atoms with E-state index in [4.69, 9.17) is 4.74 Å². The Hall–Kier alpha value is -2.45. The second kappa shape index (κ2) is 9.36. The second-order valence-electron chi connectivity index (χ2n) is 8.31. The minimum Gasteiger partial charge on any atom is -0.464 e. The van der Waals surface area contributed by atoms with Crippen LogP contribution in [0.3, 0.4) is 0 Å². The molecule has 7 nitrogen and oxygen atoms in total. The molecule has 0 saturated carbocycles. The smallest absolute Gasteiger partial charge is 0.354 e. The minimum atomic E-state index is -3.90.